The van der Waals surface area contributed by atoms with Crippen molar-refractivity contribution in [2.45, 2.75) is 19.4 Å². The molecule has 1 amide bonds. The average Bonchev–Trinajstić information content (AvgIpc) is 2.32. The Kier molecular flexibility index (Phi) is 6.46. The third kappa shape index (κ3) is 5.25. The number of hydrogen-bond acceptors (Lipinski definition) is 3. The summed E-state index contributed by atoms with van der Waals surface area (Å²) in [5.41, 5.74) is 6.16. The van der Waals surface area contributed by atoms with Gasteiger partial charge in [-0.15, -0.1) is 0 Å². The van der Waals surface area contributed by atoms with Gasteiger partial charge in [-0.2, -0.15) is 11.8 Å². The zero-order chi connectivity index (χ0) is 13.5. The molecular formula is C12H16ClFN2OS. The zero-order valence-corrected chi connectivity index (χ0v) is 11.7. The van der Waals surface area contributed by atoms with E-state index in [2.05, 4.69) is 5.32 Å². The van der Waals surface area contributed by atoms with Gasteiger partial charge in [0.25, 0.3) is 0 Å². The zero-order valence-electron chi connectivity index (χ0n) is 10.1. The van der Waals surface area contributed by atoms with Crippen molar-refractivity contribution in [3.63, 3.8) is 0 Å². The molecule has 0 aliphatic carbocycles. The molecule has 0 aliphatic heterocycles. The molecular weight excluding hydrogens is 275 g/mol. The topological polar surface area (TPSA) is 55.1 Å². The molecule has 1 aromatic rings. The Morgan fingerprint density at radius 1 is 1.61 bits per heavy atom. The molecule has 0 radical (unpaired) electrons. The van der Waals surface area contributed by atoms with Crippen molar-refractivity contribution in [1.82, 2.24) is 0 Å². The maximum Gasteiger partial charge on any atom is 0.234 e. The number of nitrogens with two attached hydrogens (primary N) is 1. The van der Waals surface area contributed by atoms with E-state index in [9.17, 15) is 9.18 Å². The monoisotopic (exact) mass is 290 g/mol. The van der Waals surface area contributed by atoms with Gasteiger partial charge in [-0.05, 0) is 24.6 Å². The largest absolute Gasteiger partial charge is 0.327 e. The number of carbonyl (C=O) groups is 1. The molecule has 1 aromatic carbocycles. The Morgan fingerprint density at radius 3 is 2.94 bits per heavy atom. The highest BCUT2D eigenvalue weighted by atomic mass is 35.5. The average molecular weight is 291 g/mol. The number of carbonyl (C=O) groups excluding carboxylic acids is 1. The first kappa shape index (κ1) is 15.3. The summed E-state index contributed by atoms with van der Waals surface area (Å²) in [6.07, 6.45) is 0.887. The highest BCUT2D eigenvalue weighted by Gasteiger charge is 2.08. The van der Waals surface area contributed by atoms with Gasteiger partial charge in [0.15, 0.2) is 0 Å². The van der Waals surface area contributed by atoms with E-state index in [0.717, 1.165) is 18.2 Å². The lowest BCUT2D eigenvalue weighted by molar-refractivity contribution is -0.113. The molecule has 1 rings (SSSR count). The highest BCUT2D eigenvalue weighted by Crippen LogP contribution is 2.22. The van der Waals surface area contributed by atoms with Gasteiger partial charge in [-0.25, -0.2) is 4.39 Å². The van der Waals surface area contributed by atoms with E-state index in [0.29, 0.717) is 11.4 Å². The van der Waals surface area contributed by atoms with E-state index in [1.54, 1.807) is 0 Å². The molecule has 1 atom stereocenters. The summed E-state index contributed by atoms with van der Waals surface area (Å²) in [5, 5.41) is 2.82. The van der Waals surface area contributed by atoms with Gasteiger partial charge in [-0.3, -0.25) is 4.79 Å². The van der Waals surface area contributed by atoms with Crippen molar-refractivity contribution < 1.29 is 9.18 Å². The van der Waals surface area contributed by atoms with Gasteiger partial charge in [0.1, 0.15) is 5.82 Å². The standard InChI is InChI=1S/C12H16ClFN2OS/c1-2-9(15)6-18-7-12(17)16-11-4-3-8(14)5-10(11)13/h3-5,9H,2,6-7,15H2,1H3,(H,16,17). The predicted molar refractivity (Wildman–Crippen MR) is 75.6 cm³/mol. The van der Waals surface area contributed by atoms with Crippen molar-refractivity contribution in [2.24, 2.45) is 5.73 Å². The van der Waals surface area contributed by atoms with Gasteiger partial charge in [0.2, 0.25) is 5.91 Å². The first-order valence-electron chi connectivity index (χ1n) is 5.61. The van der Waals surface area contributed by atoms with E-state index in [1.165, 1.54) is 23.9 Å². The summed E-state index contributed by atoms with van der Waals surface area (Å²) in [7, 11) is 0. The van der Waals surface area contributed by atoms with Crippen molar-refractivity contribution >= 4 is 35.0 Å². The normalized spacial score (nSPS) is 12.2. The molecule has 0 saturated carbocycles. The Morgan fingerprint density at radius 2 is 2.33 bits per heavy atom. The lowest BCUT2D eigenvalue weighted by atomic mass is 10.3. The second-order valence-corrected chi connectivity index (χ2v) is 5.29. The molecule has 0 heterocycles. The Labute approximate surface area is 115 Å². The van der Waals surface area contributed by atoms with E-state index < -0.39 is 5.82 Å². The van der Waals surface area contributed by atoms with Gasteiger partial charge < -0.3 is 11.1 Å². The van der Waals surface area contributed by atoms with Crippen LogP contribution in [0.5, 0.6) is 0 Å². The maximum atomic E-state index is 12.8. The predicted octanol–water partition coefficient (Wildman–Crippen LogP) is 2.89. The quantitative estimate of drug-likeness (QED) is 0.847. The molecule has 0 aromatic heterocycles. The number of thioether (sulfide) groups is 1. The molecule has 0 bridgehead atoms. The summed E-state index contributed by atoms with van der Waals surface area (Å²) >= 11 is 7.27. The van der Waals surface area contributed by atoms with Crippen LogP contribution in [0.3, 0.4) is 0 Å². The lowest BCUT2D eigenvalue weighted by Crippen LogP contribution is -2.23. The SMILES string of the molecule is CCC(N)CSCC(=O)Nc1ccc(F)cc1Cl. The van der Waals surface area contributed by atoms with Crippen molar-refractivity contribution in [3.8, 4) is 0 Å². The lowest BCUT2D eigenvalue weighted by Gasteiger charge is -2.09. The molecule has 3 N–H and O–H groups in total. The van der Waals surface area contributed by atoms with Gasteiger partial charge in [0.05, 0.1) is 16.5 Å². The number of halogens is 2. The van der Waals surface area contributed by atoms with Gasteiger partial charge >= 0.3 is 0 Å². The number of hydrogen-bond donors (Lipinski definition) is 2. The number of anilines is 1. The summed E-state index contributed by atoms with van der Waals surface area (Å²) < 4.78 is 12.8. The minimum Gasteiger partial charge on any atom is -0.327 e. The maximum absolute atomic E-state index is 12.8. The third-order valence-electron chi connectivity index (χ3n) is 2.29. The van der Waals surface area contributed by atoms with Gasteiger partial charge in [0, 0.05) is 11.8 Å². The molecule has 18 heavy (non-hydrogen) atoms. The van der Waals surface area contributed by atoms with Crippen LogP contribution >= 0.6 is 23.4 Å². The van der Waals surface area contributed by atoms with Crippen molar-refractivity contribution in [2.75, 3.05) is 16.8 Å². The van der Waals surface area contributed by atoms with Crippen LogP contribution in [0.15, 0.2) is 18.2 Å². The molecule has 0 spiro atoms. The minimum atomic E-state index is -0.429. The number of amides is 1. The molecule has 0 fully saturated rings. The third-order valence-corrected chi connectivity index (χ3v) is 3.74. The van der Waals surface area contributed by atoms with Crippen LogP contribution in [-0.2, 0) is 4.79 Å². The van der Waals surface area contributed by atoms with E-state index in [4.69, 9.17) is 17.3 Å². The molecule has 0 saturated heterocycles. The number of nitrogens with one attached hydrogen (secondary N) is 1. The highest BCUT2D eigenvalue weighted by molar-refractivity contribution is 8.00. The molecule has 0 aliphatic rings. The molecule has 3 nitrogen and oxygen atoms in total. The number of rotatable bonds is 6. The second kappa shape index (κ2) is 7.61. The molecule has 100 valence electrons. The van der Waals surface area contributed by atoms with Crippen molar-refractivity contribution in [3.05, 3.63) is 29.0 Å². The number of benzene rings is 1. The van der Waals surface area contributed by atoms with Crippen LogP contribution in [-0.4, -0.2) is 23.5 Å². The Hall–Kier alpha value is -0.780. The summed E-state index contributed by atoms with van der Waals surface area (Å²) in [4.78, 5) is 11.6. The van der Waals surface area contributed by atoms with E-state index >= 15 is 0 Å². The Balaban J connectivity index is 2.40. The van der Waals surface area contributed by atoms with E-state index in [-0.39, 0.29) is 17.0 Å². The summed E-state index contributed by atoms with van der Waals surface area (Å²) in [6.45, 7) is 2.00. The van der Waals surface area contributed by atoms with Crippen LogP contribution in [0.1, 0.15) is 13.3 Å². The fourth-order valence-electron chi connectivity index (χ4n) is 1.20. The van der Waals surface area contributed by atoms with Gasteiger partial charge in [-0.1, -0.05) is 18.5 Å². The van der Waals surface area contributed by atoms with Crippen LogP contribution in [0.25, 0.3) is 0 Å². The Bertz CT molecular complexity index is 417. The smallest absolute Gasteiger partial charge is 0.234 e. The van der Waals surface area contributed by atoms with E-state index in [1.807, 2.05) is 6.92 Å². The molecule has 6 heteroatoms. The minimum absolute atomic E-state index is 0.109. The summed E-state index contributed by atoms with van der Waals surface area (Å²) in [6, 6.07) is 3.97. The summed E-state index contributed by atoms with van der Waals surface area (Å²) in [5.74, 6) is 0.445. The fraction of sp³-hybridized carbons (Fsp3) is 0.417. The second-order valence-electron chi connectivity index (χ2n) is 3.86. The molecule has 1 unspecified atom stereocenters. The first-order chi connectivity index (χ1) is 8.52. The first-order valence-corrected chi connectivity index (χ1v) is 7.14. The fourth-order valence-corrected chi connectivity index (χ4v) is 2.33. The van der Waals surface area contributed by atoms with Crippen LogP contribution in [0.4, 0.5) is 10.1 Å². The van der Waals surface area contributed by atoms with Crippen LogP contribution in [0, 0.1) is 5.82 Å². The van der Waals surface area contributed by atoms with Crippen molar-refractivity contribution in [1.29, 1.82) is 0 Å². The van der Waals surface area contributed by atoms with Crippen LogP contribution in [0.2, 0.25) is 5.02 Å². The van der Waals surface area contributed by atoms with Crippen LogP contribution < -0.4 is 11.1 Å².